The highest BCUT2D eigenvalue weighted by molar-refractivity contribution is 6.64. The van der Waals surface area contributed by atoms with Gasteiger partial charge in [0.05, 0.1) is 0 Å². The molecule has 0 aliphatic carbocycles. The van der Waals surface area contributed by atoms with E-state index in [1.54, 1.807) is 0 Å². The molecular weight excluding hydrogens is 137 g/mol. The molecule has 0 saturated carbocycles. The molecule has 0 aromatic heterocycles. The second-order valence-corrected chi connectivity index (χ2v) is 1.66. The Morgan fingerprint density at radius 2 is 2.14 bits per heavy atom. The van der Waals surface area contributed by atoms with Gasteiger partial charge in [0.15, 0.2) is 10.9 Å². The first kappa shape index (κ1) is 7.01. The molecular formula is C2H5Cl2N3. The smallest absolute Gasteiger partial charge is 0.191 e. The highest BCUT2D eigenvalue weighted by Crippen LogP contribution is 1.87. The Balaban J connectivity index is 3.45. The van der Waals surface area contributed by atoms with E-state index in [9.17, 15) is 0 Å². The van der Waals surface area contributed by atoms with Crippen molar-refractivity contribution in [2.45, 2.75) is 5.62 Å². The van der Waals surface area contributed by atoms with Crippen molar-refractivity contribution < 1.29 is 0 Å². The maximum Gasteiger partial charge on any atom is 0.191 e. The van der Waals surface area contributed by atoms with Crippen LogP contribution >= 0.6 is 23.2 Å². The first-order valence-corrected chi connectivity index (χ1v) is 2.33. The number of hydrogen-bond acceptors (Lipinski definition) is 2. The van der Waals surface area contributed by atoms with Crippen molar-refractivity contribution in [3.05, 3.63) is 0 Å². The van der Waals surface area contributed by atoms with Gasteiger partial charge in [0, 0.05) is 0 Å². The molecule has 0 rings (SSSR count). The molecule has 0 radical (unpaired) electrons. The van der Waals surface area contributed by atoms with E-state index in [-0.39, 0.29) is 5.29 Å². The standard InChI is InChI=1S/C2H5Cl2N3/c3-1(5)7-2(4)6/h1H,5H2,(H2,6,7). The van der Waals surface area contributed by atoms with Gasteiger partial charge in [0.2, 0.25) is 0 Å². The third-order valence-electron chi connectivity index (χ3n) is 0.247. The predicted molar refractivity (Wildman–Crippen MR) is 31.3 cm³/mol. The van der Waals surface area contributed by atoms with Crippen LogP contribution in [-0.4, -0.2) is 10.9 Å². The number of aliphatic imine (C=N–C) groups is 1. The summed E-state index contributed by atoms with van der Waals surface area (Å²) in [4.78, 5) is 3.28. The first-order valence-electron chi connectivity index (χ1n) is 1.51. The fourth-order valence-electron chi connectivity index (χ4n) is 0.118. The molecule has 0 amide bonds. The molecule has 0 heterocycles. The molecule has 7 heavy (non-hydrogen) atoms. The van der Waals surface area contributed by atoms with Crippen molar-refractivity contribution in [2.24, 2.45) is 16.5 Å². The van der Waals surface area contributed by atoms with Gasteiger partial charge >= 0.3 is 0 Å². The first-order chi connectivity index (χ1) is 3.13. The van der Waals surface area contributed by atoms with Gasteiger partial charge in [-0.05, 0) is 11.6 Å². The summed E-state index contributed by atoms with van der Waals surface area (Å²) < 4.78 is 0. The van der Waals surface area contributed by atoms with E-state index in [2.05, 4.69) is 4.99 Å². The molecule has 0 aromatic rings. The minimum Gasteiger partial charge on any atom is -0.374 e. The maximum absolute atomic E-state index is 5.10. The van der Waals surface area contributed by atoms with Gasteiger partial charge in [0.1, 0.15) is 0 Å². The number of hydrogen-bond donors (Lipinski definition) is 2. The number of nitrogens with zero attached hydrogens (tertiary/aromatic N) is 1. The van der Waals surface area contributed by atoms with Gasteiger partial charge in [-0.15, -0.1) is 0 Å². The lowest BCUT2D eigenvalue weighted by molar-refractivity contribution is 0.975. The Labute approximate surface area is 51.3 Å². The third-order valence-corrected chi connectivity index (χ3v) is 0.442. The van der Waals surface area contributed by atoms with Crippen molar-refractivity contribution in [3.63, 3.8) is 0 Å². The van der Waals surface area contributed by atoms with Gasteiger partial charge in [-0.25, -0.2) is 4.99 Å². The van der Waals surface area contributed by atoms with Gasteiger partial charge in [-0.2, -0.15) is 0 Å². The van der Waals surface area contributed by atoms with Gasteiger partial charge in [-0.1, -0.05) is 11.6 Å². The average molecular weight is 142 g/mol. The quantitative estimate of drug-likeness (QED) is 0.234. The van der Waals surface area contributed by atoms with E-state index in [1.165, 1.54) is 0 Å². The molecule has 0 aromatic carbocycles. The van der Waals surface area contributed by atoms with E-state index >= 15 is 0 Å². The van der Waals surface area contributed by atoms with Crippen LogP contribution in [0.3, 0.4) is 0 Å². The second kappa shape index (κ2) is 3.07. The SMILES string of the molecule is NC(Cl)=NC(N)Cl. The maximum atomic E-state index is 5.10. The van der Waals surface area contributed by atoms with Crippen molar-refractivity contribution in [1.82, 2.24) is 0 Å². The van der Waals surface area contributed by atoms with Crippen LogP contribution in [0.4, 0.5) is 0 Å². The number of halogens is 2. The normalized spacial score (nSPS) is 16.7. The minimum absolute atomic E-state index is 0.123. The highest BCUT2D eigenvalue weighted by atomic mass is 35.5. The van der Waals surface area contributed by atoms with E-state index in [4.69, 9.17) is 34.7 Å². The van der Waals surface area contributed by atoms with Gasteiger partial charge in [0.25, 0.3) is 0 Å². The molecule has 4 N–H and O–H groups in total. The Hall–Kier alpha value is 0.01000. The number of rotatable bonds is 1. The summed E-state index contributed by atoms with van der Waals surface area (Å²) in [6.45, 7) is 0. The second-order valence-electron chi connectivity index (χ2n) is 0.824. The van der Waals surface area contributed by atoms with Gasteiger partial charge < -0.3 is 5.73 Å². The van der Waals surface area contributed by atoms with Crippen LogP contribution in [0.25, 0.3) is 0 Å². The number of alkyl halides is 1. The minimum atomic E-state index is -0.822. The van der Waals surface area contributed by atoms with Crippen LogP contribution in [0, 0.1) is 0 Å². The fraction of sp³-hybridized carbons (Fsp3) is 0.500. The molecule has 42 valence electrons. The Kier molecular flexibility index (Phi) is 3.07. The topological polar surface area (TPSA) is 64.4 Å². The predicted octanol–water partition coefficient (Wildman–Crippen LogP) is 0.0210. The summed E-state index contributed by atoms with van der Waals surface area (Å²) in [5, 5.41) is -0.123. The summed E-state index contributed by atoms with van der Waals surface area (Å²) >= 11 is 10.1. The molecule has 0 aliphatic heterocycles. The van der Waals surface area contributed by atoms with E-state index in [1.807, 2.05) is 0 Å². The lowest BCUT2D eigenvalue weighted by Gasteiger charge is -1.90. The molecule has 0 fully saturated rings. The van der Waals surface area contributed by atoms with Gasteiger partial charge in [-0.3, -0.25) is 5.73 Å². The Bertz CT molecular complexity index is 75.0. The lowest BCUT2D eigenvalue weighted by Crippen LogP contribution is -2.13. The fourth-order valence-corrected chi connectivity index (χ4v) is 0.378. The molecule has 1 unspecified atom stereocenters. The summed E-state index contributed by atoms with van der Waals surface area (Å²) in [5.41, 5.74) is 8.93. The third kappa shape index (κ3) is 6.01. The monoisotopic (exact) mass is 141 g/mol. The van der Waals surface area contributed by atoms with Crippen LogP contribution in [0.2, 0.25) is 0 Å². The Morgan fingerprint density at radius 1 is 1.71 bits per heavy atom. The van der Waals surface area contributed by atoms with E-state index < -0.39 is 5.62 Å². The zero-order valence-electron chi connectivity index (χ0n) is 3.44. The van der Waals surface area contributed by atoms with Crippen molar-refractivity contribution in [3.8, 4) is 0 Å². The van der Waals surface area contributed by atoms with Crippen LogP contribution < -0.4 is 11.5 Å². The molecule has 0 aliphatic rings. The lowest BCUT2D eigenvalue weighted by atomic mass is 11.1. The number of nitrogens with two attached hydrogens (primary N) is 2. The van der Waals surface area contributed by atoms with E-state index in [0.29, 0.717) is 0 Å². The van der Waals surface area contributed by atoms with Crippen molar-refractivity contribution in [1.29, 1.82) is 0 Å². The zero-order chi connectivity index (χ0) is 5.86. The van der Waals surface area contributed by atoms with Crippen molar-refractivity contribution >= 4 is 28.5 Å². The van der Waals surface area contributed by atoms with Crippen LogP contribution in [0.5, 0.6) is 0 Å². The summed E-state index contributed by atoms with van der Waals surface area (Å²) in [6.07, 6.45) is 0. The molecule has 3 nitrogen and oxygen atoms in total. The molecule has 1 atom stereocenters. The van der Waals surface area contributed by atoms with Crippen LogP contribution in [-0.2, 0) is 0 Å². The zero-order valence-corrected chi connectivity index (χ0v) is 4.95. The summed E-state index contributed by atoms with van der Waals surface area (Å²) in [5.74, 6) is 0. The molecule has 0 spiro atoms. The molecule has 5 heteroatoms. The molecule has 0 saturated heterocycles. The summed E-state index contributed by atoms with van der Waals surface area (Å²) in [6, 6.07) is 0. The largest absolute Gasteiger partial charge is 0.374 e. The molecule has 0 bridgehead atoms. The van der Waals surface area contributed by atoms with Crippen LogP contribution in [0.1, 0.15) is 0 Å². The van der Waals surface area contributed by atoms with E-state index in [0.717, 1.165) is 0 Å². The van der Waals surface area contributed by atoms with Crippen LogP contribution in [0.15, 0.2) is 4.99 Å². The number of amidine groups is 1. The average Bonchev–Trinajstić information content (AvgIpc) is 1.27. The Morgan fingerprint density at radius 3 is 2.14 bits per heavy atom. The highest BCUT2D eigenvalue weighted by Gasteiger charge is 1.87. The van der Waals surface area contributed by atoms with Crippen molar-refractivity contribution in [2.75, 3.05) is 0 Å². The summed E-state index contributed by atoms with van der Waals surface area (Å²) in [7, 11) is 0.